The first kappa shape index (κ1) is 16.8. The van der Waals surface area contributed by atoms with E-state index in [2.05, 4.69) is 5.32 Å². The minimum atomic E-state index is -0.393. The Morgan fingerprint density at radius 3 is 2.35 bits per heavy atom. The zero-order chi connectivity index (χ0) is 13.7. The van der Waals surface area contributed by atoms with Crippen LogP contribution in [0.5, 0.6) is 0 Å². The van der Waals surface area contributed by atoms with Crippen molar-refractivity contribution in [2.75, 3.05) is 12.4 Å². The normalized spacial score (nSPS) is 11.6. The highest BCUT2D eigenvalue weighted by Gasteiger charge is 2.09. The van der Waals surface area contributed by atoms with Crippen LogP contribution in [0.25, 0.3) is 0 Å². The largest absolute Gasteiger partial charge is 0.392 e. The van der Waals surface area contributed by atoms with Crippen LogP contribution in [0.4, 0.5) is 5.69 Å². The maximum absolute atomic E-state index is 10.2. The van der Waals surface area contributed by atoms with Crippen LogP contribution >= 0.6 is 24.0 Å². The van der Waals surface area contributed by atoms with Crippen LogP contribution in [0.2, 0.25) is 5.02 Å². The van der Waals surface area contributed by atoms with Gasteiger partial charge in [-0.1, -0.05) is 41.9 Å². The molecule has 2 rings (SSSR count). The average molecular weight is 312 g/mol. The van der Waals surface area contributed by atoms with Crippen molar-refractivity contribution in [3.8, 4) is 0 Å². The third-order valence-corrected chi connectivity index (χ3v) is 3.38. The second-order valence-corrected chi connectivity index (χ2v) is 5.03. The molecule has 0 aliphatic rings. The zero-order valence-corrected chi connectivity index (χ0v) is 12.9. The van der Waals surface area contributed by atoms with Crippen molar-refractivity contribution >= 4 is 29.7 Å². The summed E-state index contributed by atoms with van der Waals surface area (Å²) in [6.45, 7) is 0. The first-order chi connectivity index (χ1) is 9.19. The van der Waals surface area contributed by atoms with Crippen molar-refractivity contribution in [2.24, 2.45) is 0 Å². The highest BCUT2D eigenvalue weighted by molar-refractivity contribution is 6.30. The number of para-hydroxylation sites is 1. The minimum Gasteiger partial charge on any atom is -0.392 e. The predicted molar refractivity (Wildman–Crippen MR) is 88.1 cm³/mol. The van der Waals surface area contributed by atoms with Gasteiger partial charge in [-0.3, -0.25) is 0 Å². The summed E-state index contributed by atoms with van der Waals surface area (Å²) in [5, 5.41) is 14.0. The van der Waals surface area contributed by atoms with E-state index in [1.807, 2.05) is 55.6 Å². The van der Waals surface area contributed by atoms with Crippen LogP contribution in [0.1, 0.15) is 11.1 Å². The molecule has 2 nitrogen and oxygen atoms in total. The monoisotopic (exact) mass is 311 g/mol. The van der Waals surface area contributed by atoms with Crippen molar-refractivity contribution in [3.63, 3.8) is 0 Å². The number of halogens is 2. The van der Waals surface area contributed by atoms with Gasteiger partial charge in [0.25, 0.3) is 0 Å². The Balaban J connectivity index is 0.00000200. The number of hydrogen-bond acceptors (Lipinski definition) is 2. The molecule has 0 heterocycles. The van der Waals surface area contributed by atoms with Gasteiger partial charge < -0.3 is 10.4 Å². The molecule has 2 N–H and O–H groups in total. The Morgan fingerprint density at radius 1 is 1.05 bits per heavy atom. The van der Waals surface area contributed by atoms with Crippen LogP contribution in [0, 0.1) is 0 Å². The van der Waals surface area contributed by atoms with Gasteiger partial charge in [-0.2, -0.15) is 0 Å². The molecular formula is C16H19Cl2NO. The molecule has 0 aliphatic carbocycles. The van der Waals surface area contributed by atoms with Gasteiger partial charge in [-0.05, 0) is 35.7 Å². The molecule has 0 amide bonds. The SMILES string of the molecule is CNc1ccccc1CC(O)Cc1ccc(Cl)cc1.Cl. The molecule has 0 radical (unpaired) electrons. The van der Waals surface area contributed by atoms with E-state index in [9.17, 15) is 5.11 Å². The molecule has 108 valence electrons. The lowest BCUT2D eigenvalue weighted by molar-refractivity contribution is 0.175. The van der Waals surface area contributed by atoms with Gasteiger partial charge in [-0.15, -0.1) is 12.4 Å². The number of nitrogens with one attached hydrogen (secondary N) is 1. The van der Waals surface area contributed by atoms with Gasteiger partial charge in [0.1, 0.15) is 0 Å². The van der Waals surface area contributed by atoms with Crippen molar-refractivity contribution in [3.05, 3.63) is 64.7 Å². The lowest BCUT2D eigenvalue weighted by Gasteiger charge is -2.14. The molecule has 0 saturated carbocycles. The van der Waals surface area contributed by atoms with E-state index in [1.165, 1.54) is 0 Å². The summed E-state index contributed by atoms with van der Waals surface area (Å²) in [6, 6.07) is 15.6. The van der Waals surface area contributed by atoms with Crippen LogP contribution in [-0.2, 0) is 12.8 Å². The Kier molecular flexibility index (Phi) is 6.86. The fourth-order valence-electron chi connectivity index (χ4n) is 2.16. The number of hydrogen-bond donors (Lipinski definition) is 2. The maximum Gasteiger partial charge on any atom is 0.0621 e. The average Bonchev–Trinajstić information content (AvgIpc) is 2.42. The fraction of sp³-hybridized carbons (Fsp3) is 0.250. The molecule has 0 spiro atoms. The van der Waals surface area contributed by atoms with Crippen molar-refractivity contribution in [2.45, 2.75) is 18.9 Å². The third kappa shape index (κ3) is 4.71. The van der Waals surface area contributed by atoms with E-state index < -0.39 is 6.10 Å². The van der Waals surface area contributed by atoms with Crippen molar-refractivity contribution < 1.29 is 5.11 Å². The topological polar surface area (TPSA) is 32.3 Å². The molecule has 1 atom stereocenters. The number of aliphatic hydroxyl groups is 1. The highest BCUT2D eigenvalue weighted by atomic mass is 35.5. The summed E-state index contributed by atoms with van der Waals surface area (Å²) < 4.78 is 0. The molecule has 1 unspecified atom stereocenters. The Labute approximate surface area is 131 Å². The fourth-order valence-corrected chi connectivity index (χ4v) is 2.29. The first-order valence-electron chi connectivity index (χ1n) is 6.37. The molecule has 0 aliphatic heterocycles. The lowest BCUT2D eigenvalue weighted by Crippen LogP contribution is -2.14. The molecule has 4 heteroatoms. The van der Waals surface area contributed by atoms with E-state index in [0.29, 0.717) is 12.8 Å². The van der Waals surface area contributed by atoms with Crippen molar-refractivity contribution in [1.29, 1.82) is 0 Å². The molecule has 2 aromatic carbocycles. The lowest BCUT2D eigenvalue weighted by atomic mass is 10.0. The van der Waals surface area contributed by atoms with Crippen LogP contribution < -0.4 is 5.32 Å². The van der Waals surface area contributed by atoms with E-state index in [-0.39, 0.29) is 12.4 Å². The maximum atomic E-state index is 10.2. The summed E-state index contributed by atoms with van der Waals surface area (Å²) in [4.78, 5) is 0. The summed E-state index contributed by atoms with van der Waals surface area (Å²) in [7, 11) is 1.89. The second kappa shape index (κ2) is 8.15. The van der Waals surface area contributed by atoms with Gasteiger partial charge in [0.2, 0.25) is 0 Å². The Hall–Kier alpha value is -1.22. The van der Waals surface area contributed by atoms with Crippen LogP contribution in [-0.4, -0.2) is 18.3 Å². The summed E-state index contributed by atoms with van der Waals surface area (Å²) in [5.41, 5.74) is 3.29. The second-order valence-electron chi connectivity index (χ2n) is 4.60. The van der Waals surface area contributed by atoms with Gasteiger partial charge in [0.05, 0.1) is 6.10 Å². The van der Waals surface area contributed by atoms with Gasteiger partial charge in [-0.25, -0.2) is 0 Å². The van der Waals surface area contributed by atoms with E-state index in [4.69, 9.17) is 11.6 Å². The smallest absolute Gasteiger partial charge is 0.0621 e. The molecule has 0 fully saturated rings. The number of aliphatic hydroxyl groups excluding tert-OH is 1. The zero-order valence-electron chi connectivity index (χ0n) is 11.3. The first-order valence-corrected chi connectivity index (χ1v) is 6.75. The predicted octanol–water partition coefficient (Wildman–Crippen LogP) is 3.95. The summed E-state index contributed by atoms with van der Waals surface area (Å²) in [5.74, 6) is 0. The van der Waals surface area contributed by atoms with Crippen molar-refractivity contribution in [1.82, 2.24) is 0 Å². The summed E-state index contributed by atoms with van der Waals surface area (Å²) >= 11 is 5.85. The molecule has 20 heavy (non-hydrogen) atoms. The van der Waals surface area contributed by atoms with Crippen LogP contribution in [0.3, 0.4) is 0 Å². The highest BCUT2D eigenvalue weighted by Crippen LogP contribution is 2.18. The number of anilines is 1. The number of rotatable bonds is 5. The quantitative estimate of drug-likeness (QED) is 0.876. The van der Waals surface area contributed by atoms with E-state index in [0.717, 1.165) is 21.8 Å². The number of benzene rings is 2. The molecule has 0 aromatic heterocycles. The molecule has 2 aromatic rings. The minimum absolute atomic E-state index is 0. The molecule has 0 bridgehead atoms. The van der Waals surface area contributed by atoms with E-state index >= 15 is 0 Å². The Bertz CT molecular complexity index is 528. The standard InChI is InChI=1S/C16H18ClNO.ClH/c1-18-16-5-3-2-4-13(16)11-15(19)10-12-6-8-14(17)9-7-12;/h2-9,15,18-19H,10-11H2,1H3;1H. The molecular weight excluding hydrogens is 293 g/mol. The van der Waals surface area contributed by atoms with E-state index in [1.54, 1.807) is 0 Å². The van der Waals surface area contributed by atoms with Gasteiger partial charge >= 0.3 is 0 Å². The molecule has 0 saturated heterocycles. The van der Waals surface area contributed by atoms with Gasteiger partial charge in [0, 0.05) is 24.2 Å². The third-order valence-electron chi connectivity index (χ3n) is 3.13. The summed E-state index contributed by atoms with van der Waals surface area (Å²) in [6.07, 6.45) is 0.880. The van der Waals surface area contributed by atoms with Crippen LogP contribution in [0.15, 0.2) is 48.5 Å². The Morgan fingerprint density at radius 2 is 1.70 bits per heavy atom. The van der Waals surface area contributed by atoms with Gasteiger partial charge in [0.15, 0.2) is 0 Å².